The van der Waals surface area contributed by atoms with Gasteiger partial charge in [0.15, 0.2) is 6.10 Å². The van der Waals surface area contributed by atoms with Crippen molar-refractivity contribution in [2.75, 3.05) is 47.5 Å². The van der Waals surface area contributed by atoms with Crippen LogP contribution in [0.2, 0.25) is 0 Å². The summed E-state index contributed by atoms with van der Waals surface area (Å²) in [5, 5.41) is 0. The van der Waals surface area contributed by atoms with Gasteiger partial charge in [0.05, 0.1) is 27.7 Å². The summed E-state index contributed by atoms with van der Waals surface area (Å²) in [4.78, 5) is 35.7. The quantitative estimate of drug-likeness (QED) is 0.0211. The predicted octanol–water partition coefficient (Wildman–Crippen LogP) is 20.2. The third-order valence-corrected chi connectivity index (χ3v) is 14.7. The number of likely N-dealkylation sites (N-methyl/N-ethyl adjacent to an activating group) is 1. The van der Waals surface area contributed by atoms with E-state index in [1.165, 1.54) is 161 Å². The van der Waals surface area contributed by atoms with Crippen LogP contribution in [0, 0.1) is 0 Å². The van der Waals surface area contributed by atoms with Crippen LogP contribution < -0.4 is 0 Å². The molecule has 0 aromatic heterocycles. The van der Waals surface area contributed by atoms with Crippen molar-refractivity contribution >= 4 is 19.8 Å². The Kier molecular flexibility index (Phi) is 55.8. The Bertz CT molecular complexity index is 1580. The fourth-order valence-electron chi connectivity index (χ4n) is 8.82. The highest BCUT2D eigenvalue weighted by molar-refractivity contribution is 7.47. The fraction of sp³-hybridized carbons (Fsp3) is 0.761. The van der Waals surface area contributed by atoms with Gasteiger partial charge in [0.2, 0.25) is 0 Å². The van der Waals surface area contributed by atoms with E-state index in [1.807, 2.05) is 21.1 Å². The Balaban J connectivity index is 4.07. The summed E-state index contributed by atoms with van der Waals surface area (Å²) in [6.45, 7) is 4.35. The van der Waals surface area contributed by atoms with Crippen LogP contribution in [0.15, 0.2) is 85.1 Å². The van der Waals surface area contributed by atoms with Gasteiger partial charge in [-0.3, -0.25) is 18.6 Å². The number of quaternary nitrogens is 1. The van der Waals surface area contributed by atoms with Gasteiger partial charge in [0, 0.05) is 12.8 Å². The van der Waals surface area contributed by atoms with Crippen molar-refractivity contribution in [1.82, 2.24) is 0 Å². The van der Waals surface area contributed by atoms with Gasteiger partial charge in [-0.2, -0.15) is 0 Å². The average molecular weight is 1100 g/mol. The van der Waals surface area contributed by atoms with E-state index in [0.29, 0.717) is 23.9 Å². The summed E-state index contributed by atoms with van der Waals surface area (Å²) in [7, 11) is 1.48. The maximum absolute atomic E-state index is 12.8. The van der Waals surface area contributed by atoms with Gasteiger partial charge in [-0.25, -0.2) is 4.57 Å². The molecule has 0 aromatic rings. The molecule has 10 heteroatoms. The Hall–Kier alpha value is -2.81. The van der Waals surface area contributed by atoms with Crippen LogP contribution in [-0.4, -0.2) is 74.9 Å². The molecule has 2 atom stereocenters. The minimum absolute atomic E-state index is 0.0307. The summed E-state index contributed by atoms with van der Waals surface area (Å²) in [6, 6.07) is 0. The van der Waals surface area contributed by atoms with Crippen LogP contribution in [0.4, 0.5) is 0 Å². The van der Waals surface area contributed by atoms with E-state index in [1.54, 1.807) is 0 Å². The molecule has 2 unspecified atom stereocenters. The van der Waals surface area contributed by atoms with Crippen LogP contribution in [-0.2, 0) is 32.7 Å². The van der Waals surface area contributed by atoms with E-state index in [4.69, 9.17) is 18.5 Å². The molecule has 0 amide bonds. The number of nitrogens with zero attached hydrogens (tertiary/aromatic N) is 1. The number of ether oxygens (including phenoxy) is 2. The van der Waals surface area contributed by atoms with Crippen molar-refractivity contribution in [1.29, 1.82) is 0 Å². The van der Waals surface area contributed by atoms with Gasteiger partial charge < -0.3 is 18.9 Å². The minimum Gasteiger partial charge on any atom is -0.462 e. The first-order chi connectivity index (χ1) is 37.5. The second-order valence-electron chi connectivity index (χ2n) is 22.4. The highest BCUT2D eigenvalue weighted by Gasteiger charge is 2.27. The number of phosphoric ester groups is 1. The van der Waals surface area contributed by atoms with Gasteiger partial charge in [-0.15, -0.1) is 0 Å². The molecule has 0 aliphatic heterocycles. The van der Waals surface area contributed by atoms with Crippen LogP contribution in [0.25, 0.3) is 0 Å². The molecular formula is C67H121NO8P+. The van der Waals surface area contributed by atoms with Crippen molar-refractivity contribution in [2.45, 2.75) is 283 Å². The molecule has 0 heterocycles. The largest absolute Gasteiger partial charge is 0.472 e. The first-order valence-corrected chi connectivity index (χ1v) is 33.3. The second kappa shape index (κ2) is 57.9. The molecule has 77 heavy (non-hydrogen) atoms. The van der Waals surface area contributed by atoms with Gasteiger partial charge in [-0.1, -0.05) is 279 Å². The summed E-state index contributed by atoms with van der Waals surface area (Å²) >= 11 is 0. The van der Waals surface area contributed by atoms with Gasteiger partial charge in [-0.05, 0) is 70.6 Å². The van der Waals surface area contributed by atoms with Crippen molar-refractivity contribution in [3.05, 3.63) is 85.1 Å². The molecule has 0 aromatic carbocycles. The number of carbonyl (C=O) groups is 2. The zero-order valence-electron chi connectivity index (χ0n) is 50.7. The molecule has 0 aliphatic carbocycles. The number of hydrogen-bond acceptors (Lipinski definition) is 7. The Morgan fingerprint density at radius 1 is 0.416 bits per heavy atom. The predicted molar refractivity (Wildman–Crippen MR) is 330 cm³/mol. The van der Waals surface area contributed by atoms with E-state index < -0.39 is 26.5 Å². The molecule has 0 fully saturated rings. The number of allylic oxidation sites excluding steroid dienone is 14. The number of phosphoric acid groups is 1. The van der Waals surface area contributed by atoms with Crippen molar-refractivity contribution < 1.29 is 42.1 Å². The maximum atomic E-state index is 12.8. The highest BCUT2D eigenvalue weighted by atomic mass is 31.2. The number of unbranched alkanes of at least 4 members (excludes halogenated alkanes) is 30. The zero-order chi connectivity index (χ0) is 56.3. The molecule has 9 nitrogen and oxygen atoms in total. The van der Waals surface area contributed by atoms with Crippen molar-refractivity contribution in [2.24, 2.45) is 0 Å². The molecule has 446 valence electrons. The smallest absolute Gasteiger partial charge is 0.462 e. The normalized spacial score (nSPS) is 13.8. The van der Waals surface area contributed by atoms with Crippen LogP contribution in [0.1, 0.15) is 277 Å². The van der Waals surface area contributed by atoms with E-state index in [0.717, 1.165) is 83.5 Å². The monoisotopic (exact) mass is 1100 g/mol. The number of hydrogen-bond donors (Lipinski definition) is 1. The Labute approximate surface area is 475 Å². The summed E-state index contributed by atoms with van der Waals surface area (Å²) < 4.78 is 34.6. The minimum atomic E-state index is -4.39. The summed E-state index contributed by atoms with van der Waals surface area (Å²) in [5.41, 5.74) is 0. The average Bonchev–Trinajstić information content (AvgIpc) is 3.39. The zero-order valence-corrected chi connectivity index (χ0v) is 51.6. The van der Waals surface area contributed by atoms with E-state index >= 15 is 0 Å². The van der Waals surface area contributed by atoms with Gasteiger partial charge in [0.1, 0.15) is 19.8 Å². The topological polar surface area (TPSA) is 108 Å². The van der Waals surface area contributed by atoms with Crippen LogP contribution in [0.5, 0.6) is 0 Å². The van der Waals surface area contributed by atoms with E-state index in [2.05, 4.69) is 98.9 Å². The SMILES string of the molecule is CC/C=C\C/C=C\C/C=C\C/C=C\C/C=C\C/C=C\C/C=C\CCCCCCCCCCCCCCCC(=O)OC(COC(=O)CCCCCCCCCCCCCCCCCCCC)COP(=O)(O)OCC[N+](C)(C)C. The standard InChI is InChI=1S/C67H120NO8P/c1-6-8-10-12-14-16-18-20-22-24-26-27-28-29-30-31-32-33-34-35-36-37-38-39-40-41-42-44-46-48-50-52-54-56-58-60-67(70)76-65(64-75-77(71,72)74-62-61-68(3,4)5)63-73-66(69)59-57-55-53-51-49-47-45-43-25-23-21-19-17-15-13-11-9-7-2/h8,10,14,16,20,22,26-27,29-30,32-33,35-36,65H,6-7,9,11-13,15,17-19,21,23-25,28,31,34,37-64H2,1-5H3/p+1/b10-8-,16-14-,22-20-,27-26-,30-29-,33-32-,36-35-. The van der Waals surface area contributed by atoms with Gasteiger partial charge >= 0.3 is 19.8 Å². The lowest BCUT2D eigenvalue weighted by Crippen LogP contribution is -2.37. The second-order valence-corrected chi connectivity index (χ2v) is 23.9. The lowest BCUT2D eigenvalue weighted by Gasteiger charge is -2.24. The molecule has 0 bridgehead atoms. The first kappa shape index (κ1) is 74.2. The van der Waals surface area contributed by atoms with E-state index in [-0.39, 0.29) is 25.6 Å². The molecule has 0 radical (unpaired) electrons. The lowest BCUT2D eigenvalue weighted by atomic mass is 10.0. The maximum Gasteiger partial charge on any atom is 0.472 e. The number of rotatable bonds is 58. The molecular weight excluding hydrogens is 978 g/mol. The third-order valence-electron chi connectivity index (χ3n) is 13.7. The van der Waals surface area contributed by atoms with Gasteiger partial charge in [0.25, 0.3) is 0 Å². The van der Waals surface area contributed by atoms with Crippen molar-refractivity contribution in [3.8, 4) is 0 Å². The third kappa shape index (κ3) is 62.3. The van der Waals surface area contributed by atoms with Crippen LogP contribution >= 0.6 is 7.82 Å². The number of carbonyl (C=O) groups excluding carboxylic acids is 2. The summed E-state index contributed by atoms with van der Waals surface area (Å²) in [6.07, 6.45) is 78.1. The highest BCUT2D eigenvalue weighted by Crippen LogP contribution is 2.43. The number of esters is 2. The molecule has 0 aliphatic rings. The van der Waals surface area contributed by atoms with Crippen molar-refractivity contribution in [3.63, 3.8) is 0 Å². The Morgan fingerprint density at radius 2 is 0.740 bits per heavy atom. The summed E-state index contributed by atoms with van der Waals surface area (Å²) in [5.74, 6) is -0.790. The van der Waals surface area contributed by atoms with Crippen LogP contribution in [0.3, 0.4) is 0 Å². The Morgan fingerprint density at radius 3 is 1.10 bits per heavy atom. The van der Waals surface area contributed by atoms with E-state index in [9.17, 15) is 19.0 Å². The molecule has 1 N–H and O–H groups in total. The molecule has 0 rings (SSSR count). The molecule has 0 saturated carbocycles. The first-order valence-electron chi connectivity index (χ1n) is 31.8. The fourth-order valence-corrected chi connectivity index (χ4v) is 9.56. The molecule has 0 spiro atoms. The lowest BCUT2D eigenvalue weighted by molar-refractivity contribution is -0.870. The molecule has 0 saturated heterocycles.